The highest BCUT2D eigenvalue weighted by atomic mass is 32.2. The van der Waals surface area contributed by atoms with Gasteiger partial charge in [0, 0.05) is 13.1 Å². The summed E-state index contributed by atoms with van der Waals surface area (Å²) in [6, 6.07) is 14.9. The Bertz CT molecular complexity index is 906. The van der Waals surface area contributed by atoms with Gasteiger partial charge in [-0.1, -0.05) is 18.2 Å². The van der Waals surface area contributed by atoms with Crippen molar-refractivity contribution in [1.29, 1.82) is 0 Å². The number of hydrogen-bond donors (Lipinski definition) is 1. The van der Waals surface area contributed by atoms with Gasteiger partial charge in [-0.25, -0.2) is 4.83 Å². The van der Waals surface area contributed by atoms with E-state index in [0.717, 1.165) is 25.9 Å². The second-order valence-electron chi connectivity index (χ2n) is 6.47. The van der Waals surface area contributed by atoms with Gasteiger partial charge < -0.3 is 9.64 Å². The molecule has 1 amide bonds. The average molecular weight is 401 g/mol. The third-order valence-corrected chi connectivity index (χ3v) is 5.63. The van der Waals surface area contributed by atoms with Gasteiger partial charge in [-0.2, -0.15) is 13.5 Å². The molecule has 0 aromatic heterocycles. The Hall–Kier alpha value is -2.87. The first-order valence-electron chi connectivity index (χ1n) is 9.15. The molecule has 0 bridgehead atoms. The summed E-state index contributed by atoms with van der Waals surface area (Å²) in [5, 5.41) is 3.79. The van der Waals surface area contributed by atoms with Gasteiger partial charge in [0.05, 0.1) is 11.1 Å². The predicted molar refractivity (Wildman–Crippen MR) is 107 cm³/mol. The summed E-state index contributed by atoms with van der Waals surface area (Å²) >= 11 is 0. The Kier molecular flexibility index (Phi) is 6.65. The van der Waals surface area contributed by atoms with Crippen molar-refractivity contribution in [3.05, 3.63) is 60.2 Å². The number of rotatable bonds is 7. The maximum Gasteiger partial charge on any atom is 0.276 e. The predicted octanol–water partition coefficient (Wildman–Crippen LogP) is 2.39. The number of carbonyl (C=O) groups excluding carboxylic acids is 1. The molecule has 2 aromatic carbocycles. The summed E-state index contributed by atoms with van der Waals surface area (Å²) < 4.78 is 29.7. The van der Waals surface area contributed by atoms with Crippen molar-refractivity contribution >= 4 is 22.1 Å². The number of nitrogens with zero attached hydrogens (tertiary/aromatic N) is 2. The number of benzene rings is 2. The first-order valence-corrected chi connectivity index (χ1v) is 10.6. The standard InChI is InChI=1S/C20H23N3O4S/c24-20(23-13-5-2-6-14-23)16-27-18-11-9-17(10-12-18)15-21-22-28(25,26)19-7-3-1-4-8-19/h1,3-4,7-12,15,22H,2,5-6,13-14,16H2/b21-15+. The lowest BCUT2D eigenvalue weighted by Crippen LogP contribution is -2.38. The van der Waals surface area contributed by atoms with Crippen LogP contribution in [-0.4, -0.2) is 45.1 Å². The van der Waals surface area contributed by atoms with Crippen LogP contribution in [0.2, 0.25) is 0 Å². The summed E-state index contributed by atoms with van der Waals surface area (Å²) in [4.78, 5) is 16.3. The zero-order valence-electron chi connectivity index (χ0n) is 15.5. The van der Waals surface area contributed by atoms with E-state index in [1.807, 2.05) is 4.90 Å². The first-order chi connectivity index (χ1) is 13.5. The van der Waals surface area contributed by atoms with Crippen LogP contribution < -0.4 is 9.57 Å². The fourth-order valence-corrected chi connectivity index (χ4v) is 3.66. The maximum absolute atomic E-state index is 12.1. The molecular weight excluding hydrogens is 378 g/mol. The van der Waals surface area contributed by atoms with Crippen LogP contribution in [0.15, 0.2) is 64.6 Å². The van der Waals surface area contributed by atoms with Gasteiger partial charge in [-0.3, -0.25) is 4.79 Å². The number of nitrogens with one attached hydrogen (secondary N) is 1. The Morgan fingerprint density at radius 2 is 1.71 bits per heavy atom. The molecule has 148 valence electrons. The van der Waals surface area contributed by atoms with Crippen LogP contribution >= 0.6 is 0 Å². The lowest BCUT2D eigenvalue weighted by Gasteiger charge is -2.26. The third kappa shape index (κ3) is 5.56. The highest BCUT2D eigenvalue weighted by molar-refractivity contribution is 7.89. The molecule has 0 atom stereocenters. The number of hydrazone groups is 1. The van der Waals surface area contributed by atoms with Gasteiger partial charge in [0.25, 0.3) is 15.9 Å². The largest absolute Gasteiger partial charge is 0.484 e. The van der Waals surface area contributed by atoms with Crippen molar-refractivity contribution in [2.75, 3.05) is 19.7 Å². The Balaban J connectivity index is 1.50. The molecule has 1 aliphatic rings. The summed E-state index contributed by atoms with van der Waals surface area (Å²) in [7, 11) is -3.68. The van der Waals surface area contributed by atoms with E-state index in [1.165, 1.54) is 24.8 Å². The van der Waals surface area contributed by atoms with Crippen molar-refractivity contribution in [3.63, 3.8) is 0 Å². The van der Waals surface area contributed by atoms with Crippen LogP contribution in [0.1, 0.15) is 24.8 Å². The molecule has 1 aliphatic heterocycles. The van der Waals surface area contributed by atoms with E-state index in [-0.39, 0.29) is 17.4 Å². The van der Waals surface area contributed by atoms with E-state index in [4.69, 9.17) is 4.74 Å². The first kappa shape index (κ1) is 19.9. The molecular formula is C20H23N3O4S. The zero-order valence-corrected chi connectivity index (χ0v) is 16.3. The molecule has 1 heterocycles. The van der Waals surface area contributed by atoms with Crippen molar-refractivity contribution < 1.29 is 17.9 Å². The molecule has 0 spiro atoms. The number of ether oxygens (including phenoxy) is 1. The Morgan fingerprint density at radius 1 is 1.04 bits per heavy atom. The molecule has 7 nitrogen and oxygen atoms in total. The minimum atomic E-state index is -3.68. The summed E-state index contributed by atoms with van der Waals surface area (Å²) in [5.74, 6) is 0.577. The molecule has 1 fully saturated rings. The number of likely N-dealkylation sites (tertiary alicyclic amines) is 1. The highest BCUT2D eigenvalue weighted by Gasteiger charge is 2.16. The van der Waals surface area contributed by atoms with Gasteiger partial charge in [0.15, 0.2) is 6.61 Å². The lowest BCUT2D eigenvalue weighted by molar-refractivity contribution is -0.134. The second-order valence-corrected chi connectivity index (χ2v) is 8.13. The molecule has 3 rings (SSSR count). The van der Waals surface area contributed by atoms with Crippen molar-refractivity contribution in [2.45, 2.75) is 24.2 Å². The fraction of sp³-hybridized carbons (Fsp3) is 0.300. The Labute approximate surface area is 165 Å². The molecule has 1 N–H and O–H groups in total. The number of sulfonamides is 1. The van der Waals surface area contributed by atoms with Crippen LogP contribution in [0, 0.1) is 0 Å². The quantitative estimate of drug-likeness (QED) is 0.570. The zero-order chi connectivity index (χ0) is 19.8. The Morgan fingerprint density at radius 3 is 2.39 bits per heavy atom. The van der Waals surface area contributed by atoms with E-state index < -0.39 is 10.0 Å². The van der Waals surface area contributed by atoms with Crippen molar-refractivity contribution in [1.82, 2.24) is 9.73 Å². The van der Waals surface area contributed by atoms with Gasteiger partial charge in [0.2, 0.25) is 0 Å². The van der Waals surface area contributed by atoms with Crippen LogP contribution in [0.3, 0.4) is 0 Å². The lowest BCUT2D eigenvalue weighted by atomic mass is 10.1. The minimum Gasteiger partial charge on any atom is -0.484 e. The topological polar surface area (TPSA) is 88.1 Å². The van der Waals surface area contributed by atoms with Gasteiger partial charge in [0.1, 0.15) is 5.75 Å². The summed E-state index contributed by atoms with van der Waals surface area (Å²) in [6.45, 7) is 1.62. The molecule has 0 unspecified atom stereocenters. The van der Waals surface area contributed by atoms with E-state index in [2.05, 4.69) is 9.93 Å². The van der Waals surface area contributed by atoms with Crippen LogP contribution in [-0.2, 0) is 14.8 Å². The number of hydrogen-bond acceptors (Lipinski definition) is 5. The minimum absolute atomic E-state index is 0.000609. The van der Waals surface area contributed by atoms with E-state index in [1.54, 1.807) is 42.5 Å². The fourth-order valence-electron chi connectivity index (χ4n) is 2.85. The van der Waals surface area contributed by atoms with Crippen LogP contribution in [0.5, 0.6) is 5.75 Å². The van der Waals surface area contributed by atoms with Gasteiger partial charge >= 0.3 is 0 Å². The summed E-state index contributed by atoms with van der Waals surface area (Å²) in [6.07, 6.45) is 4.68. The third-order valence-electron chi connectivity index (χ3n) is 4.39. The highest BCUT2D eigenvalue weighted by Crippen LogP contribution is 2.13. The molecule has 0 saturated carbocycles. The number of amides is 1. The smallest absolute Gasteiger partial charge is 0.276 e. The number of carbonyl (C=O) groups is 1. The second kappa shape index (κ2) is 9.36. The van der Waals surface area contributed by atoms with E-state index in [0.29, 0.717) is 11.3 Å². The van der Waals surface area contributed by atoms with Gasteiger partial charge in [-0.05, 0) is 61.2 Å². The monoisotopic (exact) mass is 401 g/mol. The summed E-state index contributed by atoms with van der Waals surface area (Å²) in [5.41, 5.74) is 0.700. The van der Waals surface area contributed by atoms with Crippen LogP contribution in [0.4, 0.5) is 0 Å². The molecule has 2 aromatic rings. The normalized spacial score (nSPS) is 14.8. The maximum atomic E-state index is 12.1. The van der Waals surface area contributed by atoms with E-state index >= 15 is 0 Å². The molecule has 8 heteroatoms. The molecule has 28 heavy (non-hydrogen) atoms. The number of piperidine rings is 1. The average Bonchev–Trinajstić information content (AvgIpc) is 2.74. The van der Waals surface area contributed by atoms with Crippen molar-refractivity contribution in [3.8, 4) is 5.75 Å². The molecule has 1 saturated heterocycles. The van der Waals surface area contributed by atoms with Gasteiger partial charge in [-0.15, -0.1) is 0 Å². The SMILES string of the molecule is O=C(COc1ccc(/C=N/NS(=O)(=O)c2ccccc2)cc1)N1CCCCC1. The van der Waals surface area contributed by atoms with Crippen LogP contribution in [0.25, 0.3) is 0 Å². The van der Waals surface area contributed by atoms with Crippen molar-refractivity contribution in [2.24, 2.45) is 5.10 Å². The molecule has 0 radical (unpaired) electrons. The van der Waals surface area contributed by atoms with E-state index in [9.17, 15) is 13.2 Å². The molecule has 0 aliphatic carbocycles.